The van der Waals surface area contributed by atoms with Crippen LogP contribution in [0.4, 0.5) is 0 Å². The first-order valence-corrected chi connectivity index (χ1v) is 7.50. The third-order valence-corrected chi connectivity index (χ3v) is 2.84. The third-order valence-electron chi connectivity index (χ3n) is 2.57. The highest BCUT2D eigenvalue weighted by molar-refractivity contribution is 5.98. The highest BCUT2D eigenvalue weighted by Gasteiger charge is 1.98. The molecular formula is C14H26O2Si. The summed E-state index contributed by atoms with van der Waals surface area (Å²) < 4.78 is 4.93. The molecule has 0 saturated heterocycles. The van der Waals surface area contributed by atoms with Gasteiger partial charge in [-0.1, -0.05) is 44.8 Å². The molecule has 0 saturated carbocycles. The molecule has 0 aromatic heterocycles. The smallest absolute Gasteiger partial charge is 0.203 e. The van der Waals surface area contributed by atoms with Crippen molar-refractivity contribution in [2.24, 2.45) is 0 Å². The Kier molecular flexibility index (Phi) is 12.6. The van der Waals surface area contributed by atoms with E-state index < -0.39 is 0 Å². The summed E-state index contributed by atoms with van der Waals surface area (Å²) in [4.78, 5) is 10.2. The number of hydrogen-bond donors (Lipinski definition) is 0. The quantitative estimate of drug-likeness (QED) is 0.396. The van der Waals surface area contributed by atoms with Crippen LogP contribution in [-0.2, 0) is 9.22 Å². The van der Waals surface area contributed by atoms with Gasteiger partial charge in [-0.3, -0.25) is 4.79 Å². The van der Waals surface area contributed by atoms with Crippen molar-refractivity contribution in [1.82, 2.24) is 0 Å². The van der Waals surface area contributed by atoms with Gasteiger partial charge in [-0.25, -0.2) is 0 Å². The molecule has 0 radical (unpaired) electrons. The predicted molar refractivity (Wildman–Crippen MR) is 76.9 cm³/mol. The lowest BCUT2D eigenvalue weighted by molar-refractivity contribution is -0.114. The van der Waals surface area contributed by atoms with Gasteiger partial charge in [0, 0.05) is 6.42 Å². The molecule has 0 aromatic carbocycles. The van der Waals surface area contributed by atoms with Crippen LogP contribution in [-0.4, -0.2) is 16.3 Å². The van der Waals surface area contributed by atoms with E-state index >= 15 is 0 Å². The second-order valence-corrected chi connectivity index (χ2v) is 4.69. The van der Waals surface area contributed by atoms with E-state index in [0.717, 1.165) is 23.3 Å². The van der Waals surface area contributed by atoms with Crippen molar-refractivity contribution < 1.29 is 9.22 Å². The van der Waals surface area contributed by atoms with Crippen molar-refractivity contribution in [2.45, 2.75) is 58.3 Å². The van der Waals surface area contributed by atoms with E-state index in [-0.39, 0.29) is 5.78 Å². The van der Waals surface area contributed by atoms with E-state index in [1.165, 1.54) is 38.5 Å². The Bertz CT molecular complexity index is 234. The Labute approximate surface area is 109 Å². The highest BCUT2D eigenvalue weighted by atomic mass is 28.2. The van der Waals surface area contributed by atoms with E-state index in [0.29, 0.717) is 0 Å². The van der Waals surface area contributed by atoms with Gasteiger partial charge in [0.1, 0.15) is 0 Å². The molecule has 1 rings (SSSR count). The summed E-state index contributed by atoms with van der Waals surface area (Å²) in [5.74, 6) is 0.273. The molecule has 3 heteroatoms. The second kappa shape index (κ2) is 13.2. The van der Waals surface area contributed by atoms with Gasteiger partial charge in [-0.2, -0.15) is 0 Å². The molecule has 1 aliphatic carbocycles. The van der Waals surface area contributed by atoms with Gasteiger partial charge in [-0.05, 0) is 25.3 Å². The molecule has 1 aliphatic rings. The zero-order chi connectivity index (χ0) is 12.8. The van der Waals surface area contributed by atoms with Crippen LogP contribution in [0.25, 0.3) is 0 Å². The van der Waals surface area contributed by atoms with Crippen molar-refractivity contribution in [2.75, 3.05) is 0 Å². The molecule has 0 unspecified atom stereocenters. The van der Waals surface area contributed by atoms with Gasteiger partial charge in [0.25, 0.3) is 0 Å². The average molecular weight is 254 g/mol. The molecule has 0 spiro atoms. The van der Waals surface area contributed by atoms with Crippen molar-refractivity contribution in [1.29, 1.82) is 0 Å². The summed E-state index contributed by atoms with van der Waals surface area (Å²) in [5.41, 5.74) is 0. The first-order valence-electron chi connectivity index (χ1n) is 6.68. The lowest BCUT2D eigenvalue weighted by Gasteiger charge is -1.95. The fourth-order valence-corrected chi connectivity index (χ4v) is 1.75. The monoisotopic (exact) mass is 254 g/mol. The van der Waals surface area contributed by atoms with Gasteiger partial charge in [0.2, 0.25) is 10.5 Å². The molecular weight excluding hydrogens is 228 g/mol. The van der Waals surface area contributed by atoms with Gasteiger partial charge in [-0.15, -0.1) is 0 Å². The highest BCUT2D eigenvalue weighted by Crippen LogP contribution is 2.05. The van der Waals surface area contributed by atoms with Gasteiger partial charge >= 0.3 is 0 Å². The minimum atomic E-state index is 0.273. The third kappa shape index (κ3) is 13.1. The lowest BCUT2D eigenvalue weighted by atomic mass is 10.1. The van der Waals surface area contributed by atoms with Crippen LogP contribution in [0.3, 0.4) is 0 Å². The molecule has 2 nitrogen and oxygen atoms in total. The number of carbonyl (C=O) groups is 1. The summed E-state index contributed by atoms with van der Waals surface area (Å²) in [5, 5.41) is 0. The van der Waals surface area contributed by atoms with Gasteiger partial charge < -0.3 is 4.43 Å². The predicted octanol–water partition coefficient (Wildman–Crippen LogP) is 3.06. The van der Waals surface area contributed by atoms with Gasteiger partial charge in [0.15, 0.2) is 5.78 Å². The molecule has 0 aliphatic heterocycles. The summed E-state index contributed by atoms with van der Waals surface area (Å²) >= 11 is 0. The van der Waals surface area contributed by atoms with E-state index in [9.17, 15) is 4.79 Å². The zero-order valence-corrected chi connectivity index (χ0v) is 13.3. The normalized spacial score (nSPS) is 14.1. The van der Waals surface area contributed by atoms with Crippen molar-refractivity contribution >= 4 is 16.3 Å². The molecule has 17 heavy (non-hydrogen) atoms. The fourth-order valence-electron chi connectivity index (χ4n) is 1.55. The van der Waals surface area contributed by atoms with Crippen molar-refractivity contribution in [3.63, 3.8) is 0 Å². The Morgan fingerprint density at radius 1 is 1.35 bits per heavy atom. The van der Waals surface area contributed by atoms with Crippen molar-refractivity contribution in [3.05, 3.63) is 24.5 Å². The number of carbonyl (C=O) groups excluding carboxylic acids is 1. The largest absolute Gasteiger partial charge is 0.559 e. The number of rotatable bonds is 7. The second-order valence-electron chi connectivity index (χ2n) is 4.22. The number of unbranched alkanes of at least 4 members (excludes halogenated alkanes) is 5. The summed E-state index contributed by atoms with van der Waals surface area (Å²) in [6.07, 6.45) is 17.2. The van der Waals surface area contributed by atoms with Crippen LogP contribution in [0.15, 0.2) is 24.5 Å². The number of ketones is 1. The van der Waals surface area contributed by atoms with Crippen molar-refractivity contribution in [3.8, 4) is 0 Å². The first kappa shape index (κ1) is 16.2. The molecule has 0 N–H and O–H groups in total. The lowest BCUT2D eigenvalue weighted by Crippen LogP contribution is -1.80. The average Bonchev–Trinajstić information content (AvgIpc) is 2.80. The summed E-state index contributed by atoms with van der Waals surface area (Å²) in [6, 6.07) is 0. The van der Waals surface area contributed by atoms with E-state index in [2.05, 4.69) is 13.0 Å². The molecule has 0 heterocycles. The fraction of sp³-hybridized carbons (Fsp3) is 0.643. The molecule has 0 amide bonds. The molecule has 0 bridgehead atoms. The molecule has 98 valence electrons. The number of allylic oxidation sites excluding steroid dienone is 3. The SMILES string of the molecule is CCCCCCCC=CO[SiH3].O=C1C=CCC1. The van der Waals surface area contributed by atoms with Crippen LogP contribution in [0.1, 0.15) is 58.3 Å². The Morgan fingerprint density at radius 3 is 2.59 bits per heavy atom. The van der Waals surface area contributed by atoms with E-state index in [1.807, 2.05) is 12.3 Å². The maximum absolute atomic E-state index is 10.2. The Balaban J connectivity index is 0.000000354. The zero-order valence-electron chi connectivity index (χ0n) is 11.3. The minimum Gasteiger partial charge on any atom is -0.559 e. The Hall–Kier alpha value is -0.833. The van der Waals surface area contributed by atoms with Crippen LogP contribution >= 0.6 is 0 Å². The first-order chi connectivity index (χ1) is 8.31. The summed E-state index contributed by atoms with van der Waals surface area (Å²) in [7, 11) is 0.823. The van der Waals surface area contributed by atoms with Crippen LogP contribution in [0.2, 0.25) is 0 Å². The summed E-state index contributed by atoms with van der Waals surface area (Å²) in [6.45, 7) is 2.25. The van der Waals surface area contributed by atoms with Crippen LogP contribution < -0.4 is 0 Å². The molecule has 0 fully saturated rings. The standard InChI is InChI=1S/C9H20OSi.C5H6O/c1-2-3-4-5-6-7-8-9-10-11;6-5-3-1-2-4-5/h8-9H,2-7H2,1,11H3;1,3H,2,4H2. The molecule has 0 atom stereocenters. The Morgan fingerprint density at radius 2 is 2.12 bits per heavy atom. The van der Waals surface area contributed by atoms with Crippen LogP contribution in [0.5, 0.6) is 0 Å². The van der Waals surface area contributed by atoms with E-state index in [1.54, 1.807) is 6.08 Å². The van der Waals surface area contributed by atoms with Crippen LogP contribution in [0, 0.1) is 0 Å². The maximum atomic E-state index is 10.2. The minimum absolute atomic E-state index is 0.273. The van der Waals surface area contributed by atoms with E-state index in [4.69, 9.17) is 4.43 Å². The van der Waals surface area contributed by atoms with Gasteiger partial charge in [0.05, 0.1) is 6.26 Å². The topological polar surface area (TPSA) is 26.3 Å². The number of hydrogen-bond acceptors (Lipinski definition) is 2. The maximum Gasteiger partial charge on any atom is 0.203 e. The molecule has 0 aromatic rings.